The maximum absolute atomic E-state index is 12.2. The van der Waals surface area contributed by atoms with Crippen molar-refractivity contribution < 1.29 is 17.9 Å². The zero-order chi connectivity index (χ0) is 12.9. The van der Waals surface area contributed by atoms with E-state index in [1.807, 2.05) is 0 Å². The van der Waals surface area contributed by atoms with Gasteiger partial charge in [0.05, 0.1) is 0 Å². The Morgan fingerprint density at radius 2 is 1.83 bits per heavy atom. The Balaban J connectivity index is 0.00000289. The fourth-order valence-corrected chi connectivity index (χ4v) is 1.50. The summed E-state index contributed by atoms with van der Waals surface area (Å²) in [7, 11) is 0. The van der Waals surface area contributed by atoms with E-state index >= 15 is 0 Å². The van der Waals surface area contributed by atoms with Crippen molar-refractivity contribution in [2.75, 3.05) is 6.54 Å². The van der Waals surface area contributed by atoms with Crippen LogP contribution in [0.5, 0.6) is 5.75 Å². The Labute approximate surface area is 110 Å². The van der Waals surface area contributed by atoms with E-state index in [-0.39, 0.29) is 18.2 Å². The lowest BCUT2D eigenvalue weighted by Gasteiger charge is -2.17. The van der Waals surface area contributed by atoms with Crippen molar-refractivity contribution in [2.24, 2.45) is 11.5 Å². The number of nitrogens with two attached hydrogens (primary N) is 2. The lowest BCUT2D eigenvalue weighted by molar-refractivity contribution is -0.275. The van der Waals surface area contributed by atoms with E-state index in [0.717, 1.165) is 0 Å². The molecule has 0 spiro atoms. The van der Waals surface area contributed by atoms with E-state index in [1.54, 1.807) is 6.07 Å². The van der Waals surface area contributed by atoms with Gasteiger partial charge in [-0.25, -0.2) is 0 Å². The molecule has 1 atom stereocenters. The first-order chi connectivity index (χ1) is 7.94. The van der Waals surface area contributed by atoms with Crippen LogP contribution in [0.25, 0.3) is 0 Å². The number of rotatable bonds is 5. The summed E-state index contributed by atoms with van der Waals surface area (Å²) in [6, 6.07) is 5.38. The number of hydrogen-bond donors (Lipinski definition) is 2. The Hall–Kier alpha value is -0.980. The smallest absolute Gasteiger partial charge is 0.405 e. The van der Waals surface area contributed by atoms with Crippen LogP contribution in [0, 0.1) is 0 Å². The number of benzene rings is 1. The second-order valence-corrected chi connectivity index (χ2v) is 3.62. The molecule has 0 amide bonds. The van der Waals surface area contributed by atoms with Crippen molar-refractivity contribution in [3.05, 3.63) is 29.8 Å². The first-order valence-corrected chi connectivity index (χ1v) is 5.24. The highest BCUT2D eigenvalue weighted by atomic mass is 35.5. The van der Waals surface area contributed by atoms with Gasteiger partial charge >= 0.3 is 6.36 Å². The second kappa shape index (κ2) is 7.45. The second-order valence-electron chi connectivity index (χ2n) is 3.62. The van der Waals surface area contributed by atoms with E-state index in [1.165, 1.54) is 18.2 Å². The monoisotopic (exact) mass is 284 g/mol. The van der Waals surface area contributed by atoms with Crippen LogP contribution in [0.4, 0.5) is 13.2 Å². The van der Waals surface area contributed by atoms with Crippen molar-refractivity contribution in [3.8, 4) is 5.75 Å². The number of ether oxygens (including phenoxy) is 1. The molecule has 4 N–H and O–H groups in total. The number of alkyl halides is 3. The lowest BCUT2D eigenvalue weighted by atomic mass is 10.0. The summed E-state index contributed by atoms with van der Waals surface area (Å²) < 4.78 is 40.4. The molecule has 0 unspecified atom stereocenters. The molecule has 0 aliphatic heterocycles. The van der Waals surface area contributed by atoms with E-state index < -0.39 is 12.4 Å². The molecule has 1 aromatic rings. The fourth-order valence-electron chi connectivity index (χ4n) is 1.50. The third-order valence-electron chi connectivity index (χ3n) is 2.26. The van der Waals surface area contributed by atoms with Crippen LogP contribution in [-0.4, -0.2) is 12.9 Å². The van der Waals surface area contributed by atoms with Gasteiger partial charge in [0.2, 0.25) is 0 Å². The van der Waals surface area contributed by atoms with Crippen LogP contribution in [0.15, 0.2) is 24.3 Å². The van der Waals surface area contributed by atoms with Crippen LogP contribution in [-0.2, 0) is 0 Å². The number of halogens is 4. The average Bonchev–Trinajstić information content (AvgIpc) is 2.24. The molecule has 0 aliphatic carbocycles. The molecule has 1 aromatic carbocycles. The van der Waals surface area contributed by atoms with Gasteiger partial charge in [-0.05, 0) is 25.5 Å². The lowest BCUT2D eigenvalue weighted by Crippen LogP contribution is -2.20. The summed E-state index contributed by atoms with van der Waals surface area (Å²) >= 11 is 0. The van der Waals surface area contributed by atoms with Gasteiger partial charge in [0.1, 0.15) is 5.75 Å². The number of hydrogen-bond acceptors (Lipinski definition) is 3. The molecule has 104 valence electrons. The van der Waals surface area contributed by atoms with Gasteiger partial charge in [-0.15, -0.1) is 25.6 Å². The molecule has 0 saturated carbocycles. The summed E-state index contributed by atoms with van der Waals surface area (Å²) in [5.41, 5.74) is 11.5. The minimum Gasteiger partial charge on any atom is -0.405 e. The first-order valence-electron chi connectivity index (χ1n) is 5.24. The highest BCUT2D eigenvalue weighted by molar-refractivity contribution is 5.85. The third-order valence-corrected chi connectivity index (χ3v) is 2.26. The van der Waals surface area contributed by atoms with Crippen molar-refractivity contribution in [3.63, 3.8) is 0 Å². The van der Waals surface area contributed by atoms with Crippen LogP contribution >= 0.6 is 12.4 Å². The highest BCUT2D eigenvalue weighted by Gasteiger charge is 2.32. The van der Waals surface area contributed by atoms with Gasteiger partial charge in [-0.2, -0.15) is 0 Å². The van der Waals surface area contributed by atoms with Gasteiger partial charge < -0.3 is 16.2 Å². The molecule has 0 fully saturated rings. The summed E-state index contributed by atoms with van der Waals surface area (Å²) in [6.07, 6.45) is -3.53. The molecular formula is C11H16ClF3N2O. The van der Waals surface area contributed by atoms with Crippen molar-refractivity contribution in [1.29, 1.82) is 0 Å². The summed E-state index contributed by atoms with van der Waals surface area (Å²) in [4.78, 5) is 0. The predicted molar refractivity (Wildman–Crippen MR) is 65.6 cm³/mol. The Kier molecular flexibility index (Phi) is 7.05. The van der Waals surface area contributed by atoms with Gasteiger partial charge in [0.15, 0.2) is 0 Å². The standard InChI is InChI=1S/C11H15F3N2O.ClH/c12-11(13,14)17-10-6-2-1-4-8(10)9(16)5-3-7-15;/h1-2,4,6,9H,3,5,7,15-16H2;1H/t9-;/m1./s1. The Bertz CT molecular complexity index is 360. The molecule has 0 bridgehead atoms. The third kappa shape index (κ3) is 5.57. The van der Waals surface area contributed by atoms with Crippen molar-refractivity contribution in [2.45, 2.75) is 25.2 Å². The molecule has 0 radical (unpaired) electrons. The van der Waals surface area contributed by atoms with E-state index in [4.69, 9.17) is 11.5 Å². The highest BCUT2D eigenvalue weighted by Crippen LogP contribution is 2.30. The first kappa shape index (κ1) is 17.0. The molecule has 3 nitrogen and oxygen atoms in total. The van der Waals surface area contributed by atoms with Crippen LogP contribution in [0.1, 0.15) is 24.4 Å². The van der Waals surface area contributed by atoms with Gasteiger partial charge in [-0.1, -0.05) is 18.2 Å². The zero-order valence-electron chi connectivity index (χ0n) is 9.61. The zero-order valence-corrected chi connectivity index (χ0v) is 10.4. The normalized spacial score (nSPS) is 12.7. The SMILES string of the molecule is Cl.NCCC[C@@H](N)c1ccccc1OC(F)(F)F. The fraction of sp³-hybridized carbons (Fsp3) is 0.455. The maximum Gasteiger partial charge on any atom is 0.573 e. The molecule has 7 heteroatoms. The molecule has 1 rings (SSSR count). The van der Waals surface area contributed by atoms with E-state index in [2.05, 4.69) is 4.74 Å². The molecule has 0 aliphatic rings. The van der Waals surface area contributed by atoms with E-state index in [0.29, 0.717) is 24.9 Å². The maximum atomic E-state index is 12.2. The van der Waals surface area contributed by atoms with E-state index in [9.17, 15) is 13.2 Å². The molecule has 18 heavy (non-hydrogen) atoms. The molecular weight excluding hydrogens is 269 g/mol. The average molecular weight is 285 g/mol. The molecule has 0 saturated heterocycles. The molecule has 0 heterocycles. The van der Waals surface area contributed by atoms with Gasteiger partial charge in [-0.3, -0.25) is 0 Å². The summed E-state index contributed by atoms with van der Waals surface area (Å²) in [5.74, 6) is -0.246. The van der Waals surface area contributed by atoms with Crippen LogP contribution < -0.4 is 16.2 Å². The summed E-state index contributed by atoms with van der Waals surface area (Å²) in [6.45, 7) is 0.454. The Morgan fingerprint density at radius 3 is 2.39 bits per heavy atom. The van der Waals surface area contributed by atoms with Crippen molar-refractivity contribution in [1.82, 2.24) is 0 Å². The minimum atomic E-state index is -4.70. The largest absolute Gasteiger partial charge is 0.573 e. The molecule has 0 aromatic heterocycles. The van der Waals surface area contributed by atoms with Crippen molar-refractivity contribution >= 4 is 12.4 Å². The number of para-hydroxylation sites is 1. The predicted octanol–water partition coefficient (Wildman–Crippen LogP) is 2.75. The quantitative estimate of drug-likeness (QED) is 0.874. The van der Waals surface area contributed by atoms with Crippen LogP contribution in [0.2, 0.25) is 0 Å². The summed E-state index contributed by atoms with van der Waals surface area (Å²) in [5, 5.41) is 0. The Morgan fingerprint density at radius 1 is 1.22 bits per heavy atom. The topological polar surface area (TPSA) is 61.3 Å². The van der Waals surface area contributed by atoms with Gasteiger partial charge in [0, 0.05) is 11.6 Å². The van der Waals surface area contributed by atoms with Gasteiger partial charge in [0.25, 0.3) is 0 Å². The van der Waals surface area contributed by atoms with Crippen LogP contribution in [0.3, 0.4) is 0 Å². The minimum absolute atomic E-state index is 0.